The van der Waals surface area contributed by atoms with Gasteiger partial charge < -0.3 is 0 Å². The van der Waals surface area contributed by atoms with E-state index in [0.29, 0.717) is 0 Å². The zero-order chi connectivity index (χ0) is 10.9. The quantitative estimate of drug-likeness (QED) is 0.663. The van der Waals surface area contributed by atoms with Crippen molar-refractivity contribution < 1.29 is 0 Å². The minimum atomic E-state index is -1.26. The van der Waals surface area contributed by atoms with Crippen molar-refractivity contribution in [1.29, 1.82) is 5.26 Å². The van der Waals surface area contributed by atoms with E-state index in [1.54, 1.807) is 0 Å². The molecule has 0 aromatic heterocycles. The molecule has 1 aromatic carbocycles. The van der Waals surface area contributed by atoms with Crippen LogP contribution < -0.4 is 0 Å². The first-order valence-electron chi connectivity index (χ1n) is 4.87. The van der Waals surface area contributed by atoms with Crippen molar-refractivity contribution >= 4 is 12.8 Å². The molecular formula is C12H13N2P. The van der Waals surface area contributed by atoms with E-state index in [-0.39, 0.29) is 0 Å². The first kappa shape index (κ1) is 10.2. The highest BCUT2D eigenvalue weighted by atomic mass is 31.2. The van der Waals surface area contributed by atoms with Crippen LogP contribution in [-0.2, 0) is 0 Å². The Morgan fingerprint density at radius 1 is 1.27 bits per heavy atom. The van der Waals surface area contributed by atoms with Crippen molar-refractivity contribution in [2.24, 2.45) is 4.74 Å². The SMILES string of the molecule is CP1(C)=NC(c2ccccc2)=C(C#N)C1. The van der Waals surface area contributed by atoms with Gasteiger partial charge in [-0.1, -0.05) is 30.3 Å². The number of nitrogens with zero attached hydrogens (tertiary/aromatic N) is 2. The van der Waals surface area contributed by atoms with Gasteiger partial charge >= 0.3 is 0 Å². The van der Waals surface area contributed by atoms with Crippen LogP contribution in [0.15, 0.2) is 40.6 Å². The maximum Gasteiger partial charge on any atom is 0.0974 e. The summed E-state index contributed by atoms with van der Waals surface area (Å²) in [6.07, 6.45) is 0.855. The molecule has 2 nitrogen and oxygen atoms in total. The highest BCUT2D eigenvalue weighted by Gasteiger charge is 2.21. The lowest BCUT2D eigenvalue weighted by atomic mass is 10.1. The summed E-state index contributed by atoms with van der Waals surface area (Å²) in [7, 11) is -1.26. The normalized spacial score (nSPS) is 18.5. The van der Waals surface area contributed by atoms with Crippen LogP contribution in [0.25, 0.3) is 5.70 Å². The van der Waals surface area contributed by atoms with Gasteiger partial charge in [-0.3, -0.25) is 4.74 Å². The molecule has 0 radical (unpaired) electrons. The van der Waals surface area contributed by atoms with Crippen molar-refractivity contribution in [3.05, 3.63) is 41.5 Å². The average molecular weight is 216 g/mol. The molecule has 0 saturated carbocycles. The summed E-state index contributed by atoms with van der Waals surface area (Å²) in [5, 5.41) is 9.08. The summed E-state index contributed by atoms with van der Waals surface area (Å²) in [5.74, 6) is 0. The lowest BCUT2D eigenvalue weighted by molar-refractivity contribution is 1.44. The average Bonchev–Trinajstić information content (AvgIpc) is 2.55. The van der Waals surface area contributed by atoms with Gasteiger partial charge in [-0.25, -0.2) is 0 Å². The Morgan fingerprint density at radius 2 is 1.93 bits per heavy atom. The van der Waals surface area contributed by atoms with E-state index in [9.17, 15) is 0 Å². The van der Waals surface area contributed by atoms with Crippen LogP contribution >= 0.6 is 7.05 Å². The van der Waals surface area contributed by atoms with Crippen LogP contribution in [0.5, 0.6) is 0 Å². The van der Waals surface area contributed by atoms with E-state index in [1.165, 1.54) is 0 Å². The first-order chi connectivity index (χ1) is 7.12. The molecule has 0 fully saturated rings. The number of benzene rings is 1. The summed E-state index contributed by atoms with van der Waals surface area (Å²) in [4.78, 5) is 0. The molecule has 1 heterocycles. The van der Waals surface area contributed by atoms with E-state index >= 15 is 0 Å². The van der Waals surface area contributed by atoms with Gasteiger partial charge in [0.15, 0.2) is 0 Å². The zero-order valence-corrected chi connectivity index (χ0v) is 9.83. The molecule has 0 bridgehead atoms. The molecule has 76 valence electrons. The third kappa shape index (κ3) is 2.03. The standard InChI is InChI=1S/C12H13N2P/c1-15(2)9-11(8-13)12(14-15)10-6-4-3-5-7-10/h3-7H,9H2,1-2H3. The lowest BCUT2D eigenvalue weighted by Crippen LogP contribution is -1.86. The molecule has 0 N–H and O–H groups in total. The molecule has 0 saturated heterocycles. The largest absolute Gasteiger partial charge is 0.266 e. The van der Waals surface area contributed by atoms with Crippen molar-refractivity contribution in [3.63, 3.8) is 0 Å². The Labute approximate surface area is 90.3 Å². The molecule has 15 heavy (non-hydrogen) atoms. The van der Waals surface area contributed by atoms with E-state index < -0.39 is 7.05 Å². The Hall–Kier alpha value is -1.32. The minimum Gasteiger partial charge on any atom is -0.266 e. The van der Waals surface area contributed by atoms with Gasteiger partial charge in [0.05, 0.1) is 17.3 Å². The maximum atomic E-state index is 9.08. The van der Waals surface area contributed by atoms with E-state index in [2.05, 4.69) is 19.4 Å². The molecule has 0 aliphatic carbocycles. The number of rotatable bonds is 1. The zero-order valence-electron chi connectivity index (χ0n) is 8.94. The second kappa shape index (κ2) is 3.68. The van der Waals surface area contributed by atoms with Gasteiger partial charge in [-0.2, -0.15) is 5.26 Å². The van der Waals surface area contributed by atoms with Crippen molar-refractivity contribution in [2.45, 2.75) is 0 Å². The highest BCUT2D eigenvalue weighted by molar-refractivity contribution is 7.65. The van der Waals surface area contributed by atoms with Crippen molar-refractivity contribution in [3.8, 4) is 6.07 Å². The van der Waals surface area contributed by atoms with Gasteiger partial charge in [0, 0.05) is 11.7 Å². The monoisotopic (exact) mass is 216 g/mol. The topological polar surface area (TPSA) is 36.1 Å². The van der Waals surface area contributed by atoms with Crippen LogP contribution in [0.2, 0.25) is 0 Å². The van der Waals surface area contributed by atoms with Crippen LogP contribution in [0.4, 0.5) is 0 Å². The summed E-state index contributed by atoms with van der Waals surface area (Å²) in [6, 6.07) is 12.3. The van der Waals surface area contributed by atoms with Gasteiger partial charge in [0.1, 0.15) is 0 Å². The van der Waals surface area contributed by atoms with Gasteiger partial charge in [-0.15, -0.1) is 0 Å². The van der Waals surface area contributed by atoms with Crippen LogP contribution in [0, 0.1) is 11.3 Å². The van der Waals surface area contributed by atoms with Gasteiger partial charge in [-0.05, 0) is 20.4 Å². The molecule has 2 rings (SSSR count). The van der Waals surface area contributed by atoms with E-state index in [4.69, 9.17) is 10.0 Å². The molecule has 0 atom stereocenters. The van der Waals surface area contributed by atoms with E-state index in [0.717, 1.165) is 23.0 Å². The van der Waals surface area contributed by atoms with Crippen molar-refractivity contribution in [2.75, 3.05) is 19.5 Å². The molecule has 0 unspecified atom stereocenters. The number of hydrogen-bond acceptors (Lipinski definition) is 2. The Bertz CT molecular complexity index is 500. The molecule has 1 aliphatic rings. The molecule has 1 aliphatic heterocycles. The van der Waals surface area contributed by atoms with Crippen LogP contribution in [0.3, 0.4) is 0 Å². The molecule has 3 heteroatoms. The predicted octanol–water partition coefficient (Wildman–Crippen LogP) is 3.40. The first-order valence-corrected chi connectivity index (χ1v) is 7.69. The van der Waals surface area contributed by atoms with Gasteiger partial charge in [0.2, 0.25) is 0 Å². The summed E-state index contributed by atoms with van der Waals surface area (Å²) >= 11 is 0. The Balaban J connectivity index is 2.53. The predicted molar refractivity (Wildman–Crippen MR) is 65.0 cm³/mol. The molecule has 1 aromatic rings. The fraction of sp³-hybridized carbons (Fsp3) is 0.250. The van der Waals surface area contributed by atoms with Crippen molar-refractivity contribution in [1.82, 2.24) is 0 Å². The molecule has 0 spiro atoms. The Morgan fingerprint density at radius 3 is 2.53 bits per heavy atom. The van der Waals surface area contributed by atoms with E-state index in [1.807, 2.05) is 30.3 Å². The summed E-state index contributed by atoms with van der Waals surface area (Å²) in [5.41, 5.74) is 2.83. The maximum absolute atomic E-state index is 9.08. The molecular weight excluding hydrogens is 203 g/mol. The smallest absolute Gasteiger partial charge is 0.0974 e. The number of allylic oxidation sites excluding steroid dienone is 1. The second-order valence-electron chi connectivity index (χ2n) is 4.18. The number of hydrogen-bond donors (Lipinski definition) is 0. The third-order valence-electron chi connectivity index (χ3n) is 2.38. The fourth-order valence-electron chi connectivity index (χ4n) is 1.74. The minimum absolute atomic E-state index is 0.847. The fourth-order valence-corrected chi connectivity index (χ4v) is 3.59. The van der Waals surface area contributed by atoms with Crippen LogP contribution in [-0.4, -0.2) is 19.5 Å². The summed E-state index contributed by atoms with van der Waals surface area (Å²) < 4.78 is 4.71. The highest BCUT2D eigenvalue weighted by Crippen LogP contribution is 2.52. The number of nitriles is 1. The van der Waals surface area contributed by atoms with Crippen LogP contribution in [0.1, 0.15) is 5.56 Å². The third-order valence-corrected chi connectivity index (χ3v) is 4.22. The summed E-state index contributed by atoms with van der Waals surface area (Å²) in [6.45, 7) is 4.33. The van der Waals surface area contributed by atoms with Gasteiger partial charge in [0.25, 0.3) is 0 Å². The lowest BCUT2D eigenvalue weighted by Gasteiger charge is -2.04. The second-order valence-corrected chi connectivity index (χ2v) is 7.94. The molecule has 0 amide bonds. The Kier molecular flexibility index (Phi) is 2.50.